The molecule has 2 aliphatic rings. The third kappa shape index (κ3) is 5.54. The van der Waals surface area contributed by atoms with Gasteiger partial charge >= 0.3 is 0 Å². The normalized spacial score (nSPS) is 19.5. The van der Waals surface area contributed by atoms with Crippen molar-refractivity contribution < 1.29 is 17.1 Å². The Hall–Kier alpha value is -6.56. The van der Waals surface area contributed by atoms with Crippen LogP contribution in [0.4, 0.5) is 0 Å². The van der Waals surface area contributed by atoms with E-state index >= 15 is 0 Å². The van der Waals surface area contributed by atoms with E-state index in [1.165, 1.54) is 11.3 Å². The van der Waals surface area contributed by atoms with Gasteiger partial charge in [0.1, 0.15) is 11.5 Å². The molecule has 0 radical (unpaired) electrons. The Morgan fingerprint density at radius 3 is 2.02 bits per heavy atom. The first kappa shape index (κ1) is 31.3. The molecule has 2 unspecified atom stereocenters. The monoisotopic (exact) mass is 916 g/mol. The minimum Gasteiger partial charge on any atom is -0.457 e. The molecule has 8 heteroatoms. The first-order valence-electron chi connectivity index (χ1n) is 26.4. The average Bonchev–Trinajstić information content (AvgIpc) is 4.23. The highest BCUT2D eigenvalue weighted by molar-refractivity contribution is 7.20. The van der Waals surface area contributed by atoms with Gasteiger partial charge in [0.05, 0.1) is 38.2 Å². The fourth-order valence-corrected chi connectivity index (χ4v) is 26.4. The van der Waals surface area contributed by atoms with Gasteiger partial charge in [-0.15, -0.1) is 0 Å². The number of fused-ring (bicyclic) bond motifs is 7. The molecule has 0 saturated heterocycles. The van der Waals surface area contributed by atoms with E-state index in [0.29, 0.717) is 11.6 Å². The first-order chi connectivity index (χ1) is 35.5. The van der Waals surface area contributed by atoms with Gasteiger partial charge in [-0.3, -0.25) is 8.97 Å². The molecule has 0 N–H and O–H groups in total. The Balaban J connectivity index is 1.28. The molecule has 0 bridgehead atoms. The molecule has 65 heavy (non-hydrogen) atoms. The zero-order chi connectivity index (χ0) is 51.5. The fraction of sp³-hybridized carbons (Fsp3) is 0.105. The maximum Gasteiger partial charge on any atom is 0.220 e. The Morgan fingerprint density at radius 2 is 1.29 bits per heavy atom. The molecular formula is C57H49N3OSSi3. The lowest BCUT2D eigenvalue weighted by Gasteiger charge is -2.58. The van der Waals surface area contributed by atoms with Crippen molar-refractivity contribution in [3.63, 3.8) is 0 Å². The number of allylic oxidation sites excluding steroid dienone is 4. The summed E-state index contributed by atoms with van der Waals surface area (Å²) in [5.74, 6) is 1.27. The van der Waals surface area contributed by atoms with Crippen LogP contribution in [0.3, 0.4) is 0 Å². The minimum atomic E-state index is -5.46. The number of ether oxygens (including phenoxy) is 1. The number of hydrogen-bond donors (Lipinski definition) is 0. The van der Waals surface area contributed by atoms with Crippen molar-refractivity contribution in [3.8, 4) is 17.2 Å². The van der Waals surface area contributed by atoms with Crippen LogP contribution in [0.25, 0.3) is 33.5 Å². The Labute approximate surface area is 400 Å². The van der Waals surface area contributed by atoms with Crippen LogP contribution in [0, 0.1) is 0 Å². The highest BCUT2D eigenvalue weighted by atomic mass is 32.1. The van der Waals surface area contributed by atoms with Crippen LogP contribution in [0.1, 0.15) is 29.9 Å². The van der Waals surface area contributed by atoms with Crippen LogP contribution >= 0.6 is 11.3 Å². The van der Waals surface area contributed by atoms with E-state index in [2.05, 4.69) is 75.7 Å². The fourth-order valence-electron chi connectivity index (χ4n) is 11.2. The van der Waals surface area contributed by atoms with E-state index in [9.17, 15) is 12.3 Å². The molecule has 4 nitrogen and oxygen atoms in total. The number of aromatic nitrogens is 3. The zero-order valence-corrected chi connectivity index (χ0v) is 39.4. The van der Waals surface area contributed by atoms with Gasteiger partial charge in [-0.05, 0) is 85.6 Å². The largest absolute Gasteiger partial charge is 0.457 e. The summed E-state index contributed by atoms with van der Waals surface area (Å²) in [6.07, 6.45) is 6.02. The summed E-state index contributed by atoms with van der Waals surface area (Å²) in [4.78, 5) is 5.23. The molecule has 10 aromatic rings. The van der Waals surface area contributed by atoms with Gasteiger partial charge in [-0.2, -0.15) is 11.3 Å². The second-order valence-electron chi connectivity index (χ2n) is 17.3. The third-order valence-electron chi connectivity index (χ3n) is 14.0. The molecule has 0 spiro atoms. The number of benzene rings is 7. The van der Waals surface area contributed by atoms with E-state index in [4.69, 9.17) is 9.72 Å². The van der Waals surface area contributed by atoms with E-state index in [-0.39, 0.29) is 27.8 Å². The number of nitrogens with zero attached hydrogens (tertiary/aromatic N) is 3. The Kier molecular flexibility index (Phi) is 7.23. The van der Waals surface area contributed by atoms with Crippen molar-refractivity contribution in [1.29, 1.82) is 0 Å². The molecule has 12 rings (SSSR count). The summed E-state index contributed by atoms with van der Waals surface area (Å²) >= 11 is 1.22. The quantitative estimate of drug-likeness (QED) is 0.107. The van der Waals surface area contributed by atoms with Gasteiger partial charge in [0, 0.05) is 33.8 Å². The summed E-state index contributed by atoms with van der Waals surface area (Å²) < 4.78 is 99.5. The zero-order valence-electron chi connectivity index (χ0n) is 44.6. The van der Waals surface area contributed by atoms with Gasteiger partial charge in [0.15, 0.2) is 8.07 Å². The first-order valence-corrected chi connectivity index (χ1v) is 29.4. The molecule has 4 heterocycles. The van der Waals surface area contributed by atoms with Crippen molar-refractivity contribution in [1.82, 2.24) is 14.0 Å². The lowest BCUT2D eigenvalue weighted by molar-refractivity contribution is 0.453. The molecule has 2 atom stereocenters. The second-order valence-corrected chi connectivity index (χ2v) is 28.8. The number of hydrogen-bond acceptors (Lipinski definition) is 3. The standard InChI is InChI=1S/C57H49N3OSSi3/c1-63(2,42-22-11-12-23-42)57(64(3,4)46-37-38-62-40-46)47-29-13-18-35-53(47)61-55-48(57)30-20-36-54(55)65(43-24-7-5-8-25-43,44-26-9-6-10-27-44)45-28-19-21-41(39-45)59-51-33-16-17-34-52(51)60-50-32-15-14-31-49(50)58-56(59)60/h5-11,13-40H,12H2,1-4H3/i1D3,3D3,4D3. The van der Waals surface area contributed by atoms with E-state index in [1.807, 2.05) is 97.1 Å². The molecule has 0 fully saturated rings. The molecular weight excluding hydrogens is 859 g/mol. The van der Waals surface area contributed by atoms with Crippen LogP contribution in [-0.2, 0) is 4.66 Å². The van der Waals surface area contributed by atoms with Crippen molar-refractivity contribution in [2.75, 3.05) is 0 Å². The Morgan fingerprint density at radius 1 is 0.631 bits per heavy atom. The van der Waals surface area contributed by atoms with E-state index in [1.54, 1.807) is 53.7 Å². The predicted molar refractivity (Wildman–Crippen MR) is 281 cm³/mol. The minimum absolute atomic E-state index is 0.167. The molecule has 1 aliphatic heterocycles. The lowest BCUT2D eigenvalue weighted by atomic mass is 9.98. The topological polar surface area (TPSA) is 31.5 Å². The van der Waals surface area contributed by atoms with Gasteiger partial charge in [0.2, 0.25) is 5.78 Å². The third-order valence-corrected chi connectivity index (χ3v) is 28.7. The van der Waals surface area contributed by atoms with Crippen molar-refractivity contribution in [2.45, 2.75) is 37.1 Å². The summed E-state index contributed by atoms with van der Waals surface area (Å²) in [6, 6.07) is 59.9. The maximum absolute atomic E-state index is 9.99. The SMILES string of the molecule is [2H]C([2H])([2H])[Si](C)(C1=CCC=C1)C1([Si](c2ccsc2)(C([2H])([2H])[2H])C([2H])([2H])[2H])c2ccccc2Oc2c1cccc2[Si](c1ccccc1)(c1ccccc1)c1cccc(-n2c3ccccc3n3c4ccccc4nc23)c1. The Bertz CT molecular complexity index is 3820. The summed E-state index contributed by atoms with van der Waals surface area (Å²) in [5.41, 5.74) is 5.22. The van der Waals surface area contributed by atoms with Gasteiger partial charge in [-0.1, -0.05) is 189 Å². The average molecular weight is 917 g/mol. The van der Waals surface area contributed by atoms with Crippen LogP contribution in [-0.4, -0.2) is 38.2 Å². The highest BCUT2D eigenvalue weighted by Gasteiger charge is 2.64. The number of thiophene rings is 1. The molecule has 3 aromatic heterocycles. The molecule has 0 amide bonds. The van der Waals surface area contributed by atoms with Crippen LogP contribution in [0.15, 0.2) is 216 Å². The highest BCUT2D eigenvalue weighted by Crippen LogP contribution is 2.58. The van der Waals surface area contributed by atoms with Crippen LogP contribution in [0.2, 0.25) is 26.0 Å². The maximum atomic E-state index is 9.99. The summed E-state index contributed by atoms with van der Waals surface area (Å²) in [7, 11) is -13.9. The predicted octanol–water partition coefficient (Wildman–Crippen LogP) is 11.1. The number of para-hydroxylation sites is 6. The molecule has 316 valence electrons. The molecule has 0 saturated carbocycles. The van der Waals surface area contributed by atoms with Crippen molar-refractivity contribution in [3.05, 3.63) is 227 Å². The van der Waals surface area contributed by atoms with Crippen molar-refractivity contribution in [2.24, 2.45) is 0 Å². The van der Waals surface area contributed by atoms with Gasteiger partial charge < -0.3 is 4.74 Å². The van der Waals surface area contributed by atoms with Crippen molar-refractivity contribution >= 4 is 89.3 Å². The van der Waals surface area contributed by atoms with Crippen LogP contribution < -0.4 is 30.7 Å². The van der Waals surface area contributed by atoms with Crippen LogP contribution in [0.5, 0.6) is 11.5 Å². The lowest BCUT2D eigenvalue weighted by Crippen LogP contribution is -2.76. The van der Waals surface area contributed by atoms with E-state index in [0.717, 1.165) is 54.3 Å². The summed E-state index contributed by atoms with van der Waals surface area (Å²) in [6.45, 7) is -7.54. The smallest absolute Gasteiger partial charge is 0.220 e. The van der Waals surface area contributed by atoms with Gasteiger partial charge in [-0.25, -0.2) is 4.98 Å². The summed E-state index contributed by atoms with van der Waals surface area (Å²) in [5, 5.41) is 7.66. The number of imidazole rings is 2. The second kappa shape index (κ2) is 15.0. The number of rotatable bonds is 9. The van der Waals surface area contributed by atoms with E-state index < -0.39 is 48.3 Å². The molecule has 1 aliphatic carbocycles. The van der Waals surface area contributed by atoms with Gasteiger partial charge in [0.25, 0.3) is 0 Å². The molecule has 7 aromatic carbocycles.